The summed E-state index contributed by atoms with van der Waals surface area (Å²) in [5, 5.41) is 28.0. The number of carbonyl (C=O) groups excluding carboxylic acids is 1. The molecule has 8 heteroatoms. The molecule has 0 aromatic carbocycles. The van der Waals surface area contributed by atoms with Gasteiger partial charge >= 0.3 is 0 Å². The smallest absolute Gasteiger partial charge is 0.186 e. The number of Topliss-reactive ketones (excluding diaryl/α,β-unsaturated/α-hetero) is 1. The molecule has 184 valence electrons. The number of hydrogen-bond acceptors (Lipinski definition) is 8. The molecule has 0 spiro atoms. The van der Waals surface area contributed by atoms with Crippen LogP contribution in [0.4, 0.5) is 0 Å². The van der Waals surface area contributed by atoms with Crippen LogP contribution in [0, 0.1) is 5.92 Å². The maximum Gasteiger partial charge on any atom is 0.186 e. The van der Waals surface area contributed by atoms with Crippen LogP contribution in [0.3, 0.4) is 0 Å². The van der Waals surface area contributed by atoms with Gasteiger partial charge in [0.05, 0.1) is 29.6 Å². The van der Waals surface area contributed by atoms with Crippen molar-refractivity contribution in [3.05, 3.63) is 22.5 Å². The van der Waals surface area contributed by atoms with Crippen molar-refractivity contribution >= 4 is 5.78 Å². The van der Waals surface area contributed by atoms with Gasteiger partial charge in [-0.1, -0.05) is 0 Å². The topological polar surface area (TPSA) is 93.2 Å². The largest absolute Gasteiger partial charge is 0.391 e. The Hall–Kier alpha value is -1.93. The highest BCUT2D eigenvalue weighted by Gasteiger charge is 2.36. The van der Waals surface area contributed by atoms with Crippen LogP contribution in [-0.2, 0) is 4.79 Å². The summed E-state index contributed by atoms with van der Waals surface area (Å²) >= 11 is 0. The Kier molecular flexibility index (Phi) is 9.32. The van der Waals surface area contributed by atoms with Crippen LogP contribution in [0.1, 0.15) is 65.2 Å². The number of rotatable bonds is 8. The molecule has 1 heterocycles. The van der Waals surface area contributed by atoms with Crippen LogP contribution in [0.5, 0.6) is 0 Å². The van der Waals surface area contributed by atoms with E-state index in [2.05, 4.69) is 39.2 Å². The second kappa shape index (κ2) is 12.0. The summed E-state index contributed by atoms with van der Waals surface area (Å²) < 4.78 is 0. The van der Waals surface area contributed by atoms with Gasteiger partial charge in [0.15, 0.2) is 5.78 Å². The van der Waals surface area contributed by atoms with E-state index in [9.17, 15) is 9.90 Å². The molecule has 4 atom stereocenters. The van der Waals surface area contributed by atoms with Crippen LogP contribution in [0.2, 0.25) is 0 Å². The molecular formula is C25H42N6O2. The number of aliphatic hydroxyl groups excluding tert-OH is 1. The zero-order valence-electron chi connectivity index (χ0n) is 21.1. The average Bonchev–Trinajstić information content (AvgIpc) is 2.78. The van der Waals surface area contributed by atoms with E-state index in [0.29, 0.717) is 12.8 Å². The van der Waals surface area contributed by atoms with Gasteiger partial charge in [0, 0.05) is 31.6 Å². The number of nitrogens with zero attached hydrogens (tertiary/aromatic N) is 6. The van der Waals surface area contributed by atoms with Crippen LogP contribution < -0.4 is 0 Å². The van der Waals surface area contributed by atoms with E-state index >= 15 is 0 Å². The van der Waals surface area contributed by atoms with Crippen molar-refractivity contribution in [3.63, 3.8) is 0 Å². The number of azo groups is 2. The van der Waals surface area contributed by atoms with Gasteiger partial charge in [-0.3, -0.25) is 4.79 Å². The molecule has 0 bridgehead atoms. The van der Waals surface area contributed by atoms with Crippen molar-refractivity contribution in [3.8, 4) is 0 Å². The van der Waals surface area contributed by atoms with Gasteiger partial charge < -0.3 is 14.9 Å². The molecule has 4 unspecified atom stereocenters. The summed E-state index contributed by atoms with van der Waals surface area (Å²) in [7, 11) is 5.81. The minimum atomic E-state index is -0.509. The number of hydrogen-bond donors (Lipinski definition) is 1. The second-order valence-electron chi connectivity index (χ2n) is 10.0. The van der Waals surface area contributed by atoms with E-state index in [4.69, 9.17) is 5.11 Å². The molecule has 0 radical (unpaired) electrons. The number of ketones is 1. The van der Waals surface area contributed by atoms with Crippen molar-refractivity contribution in [2.75, 3.05) is 40.8 Å². The highest BCUT2D eigenvalue weighted by atomic mass is 16.3. The number of likely N-dealkylation sites (tertiary alicyclic amines) is 1. The highest BCUT2D eigenvalue weighted by molar-refractivity contribution is 6.01. The lowest BCUT2D eigenvalue weighted by atomic mass is 9.80. The van der Waals surface area contributed by atoms with Crippen LogP contribution in [0.15, 0.2) is 43.0 Å². The van der Waals surface area contributed by atoms with Gasteiger partial charge in [0.1, 0.15) is 0 Å². The lowest BCUT2D eigenvalue weighted by Gasteiger charge is -2.36. The van der Waals surface area contributed by atoms with Crippen molar-refractivity contribution in [1.82, 2.24) is 9.80 Å². The van der Waals surface area contributed by atoms with Crippen molar-refractivity contribution in [2.24, 2.45) is 26.4 Å². The summed E-state index contributed by atoms with van der Waals surface area (Å²) in [6.07, 6.45) is 6.87. The van der Waals surface area contributed by atoms with Crippen LogP contribution in [-0.4, -0.2) is 79.7 Å². The Balaban J connectivity index is 1.90. The molecule has 2 aliphatic carbocycles. The molecule has 0 aromatic heterocycles. The lowest BCUT2D eigenvalue weighted by Crippen LogP contribution is -2.38. The summed E-state index contributed by atoms with van der Waals surface area (Å²) in [4.78, 5) is 18.1. The molecule has 8 nitrogen and oxygen atoms in total. The fourth-order valence-electron chi connectivity index (χ4n) is 5.38. The zero-order chi connectivity index (χ0) is 24.0. The average molecular weight is 459 g/mol. The predicted octanol–water partition coefficient (Wildman–Crippen LogP) is 4.38. The van der Waals surface area contributed by atoms with E-state index in [1.54, 1.807) is 7.05 Å². The fraction of sp³-hybridized carbons (Fsp3) is 0.800. The van der Waals surface area contributed by atoms with Gasteiger partial charge in [-0.15, -0.1) is 0 Å². The van der Waals surface area contributed by atoms with Gasteiger partial charge in [-0.25, -0.2) is 0 Å². The summed E-state index contributed by atoms with van der Waals surface area (Å²) in [5.41, 5.74) is 3.61. The van der Waals surface area contributed by atoms with E-state index in [1.165, 1.54) is 6.42 Å². The zero-order valence-corrected chi connectivity index (χ0v) is 21.1. The quantitative estimate of drug-likeness (QED) is 0.546. The normalized spacial score (nSPS) is 29.9. The molecular weight excluding hydrogens is 416 g/mol. The van der Waals surface area contributed by atoms with Crippen LogP contribution in [0.25, 0.3) is 0 Å². The first-order chi connectivity index (χ1) is 15.8. The van der Waals surface area contributed by atoms with Crippen molar-refractivity contribution < 1.29 is 9.90 Å². The minimum Gasteiger partial charge on any atom is -0.391 e. The number of allylic oxidation sites excluding steroid dienone is 3. The third-order valence-corrected chi connectivity index (χ3v) is 7.27. The molecule has 33 heavy (non-hydrogen) atoms. The fourth-order valence-corrected chi connectivity index (χ4v) is 5.38. The van der Waals surface area contributed by atoms with Gasteiger partial charge in [0.25, 0.3) is 0 Å². The van der Waals surface area contributed by atoms with E-state index < -0.39 is 6.10 Å². The Morgan fingerprint density at radius 3 is 2.48 bits per heavy atom. The van der Waals surface area contributed by atoms with E-state index in [0.717, 1.165) is 74.3 Å². The minimum absolute atomic E-state index is 0.0877. The monoisotopic (exact) mass is 458 g/mol. The number of carbonyl (C=O) groups is 1. The van der Waals surface area contributed by atoms with Gasteiger partial charge in [-0.05, 0) is 91.4 Å². The van der Waals surface area contributed by atoms with Crippen molar-refractivity contribution in [2.45, 2.75) is 83.4 Å². The number of aliphatic hydroxyl groups is 1. The van der Waals surface area contributed by atoms with Gasteiger partial charge in [0.2, 0.25) is 0 Å². The molecule has 1 aliphatic heterocycles. The highest BCUT2D eigenvalue weighted by Crippen LogP contribution is 2.38. The first kappa shape index (κ1) is 25.7. The van der Waals surface area contributed by atoms with Gasteiger partial charge in [-0.2, -0.15) is 20.5 Å². The molecule has 0 amide bonds. The third-order valence-electron chi connectivity index (χ3n) is 7.27. The molecule has 3 rings (SSSR count). The van der Waals surface area contributed by atoms with Crippen LogP contribution >= 0.6 is 0 Å². The standard InChI is InChI=1S/C25H42N6O2/c1-17-20(10-9-13-30(4)5)25(33)24(31-14-7-6-8-15-31)18(2)23(17)29-28-21-16-19(27-26-3)11-12-22(21)32/h19-22,32H,6-16H2,1-5H3. The third kappa shape index (κ3) is 6.35. The summed E-state index contributed by atoms with van der Waals surface area (Å²) in [6.45, 7) is 6.86. The Labute approximate surface area is 198 Å². The second-order valence-corrected chi connectivity index (χ2v) is 10.0. The summed E-state index contributed by atoms with van der Waals surface area (Å²) in [5.74, 6) is 0.0863. The maximum atomic E-state index is 13.7. The molecule has 1 saturated heterocycles. The summed E-state index contributed by atoms with van der Waals surface area (Å²) in [6, 6.07) is -0.199. The molecule has 1 saturated carbocycles. The SMILES string of the molecule is CN=NC1CCC(O)C(N=NC2=C(C)C(CCCN(C)C)C(=O)C(N3CCCCC3)=C2C)C1. The Bertz CT molecular complexity index is 810. The molecule has 2 fully saturated rings. The van der Waals surface area contributed by atoms with E-state index in [1.807, 2.05) is 13.8 Å². The van der Waals surface area contributed by atoms with Crippen molar-refractivity contribution in [1.29, 1.82) is 0 Å². The first-order valence-corrected chi connectivity index (χ1v) is 12.6. The maximum absolute atomic E-state index is 13.7. The lowest BCUT2D eigenvalue weighted by molar-refractivity contribution is -0.120. The molecule has 3 aliphatic rings. The molecule has 1 N–H and O–H groups in total. The van der Waals surface area contributed by atoms with E-state index in [-0.39, 0.29) is 23.8 Å². The Morgan fingerprint density at radius 1 is 1.09 bits per heavy atom. The number of piperidine rings is 1. The molecule has 0 aromatic rings. The first-order valence-electron chi connectivity index (χ1n) is 12.6. The Morgan fingerprint density at radius 2 is 1.82 bits per heavy atom. The predicted molar refractivity (Wildman–Crippen MR) is 130 cm³/mol.